The van der Waals surface area contributed by atoms with Gasteiger partial charge in [-0.2, -0.15) is 0 Å². The molecule has 0 fully saturated rings. The molecule has 3 aromatic heterocycles. The van der Waals surface area contributed by atoms with Crippen molar-refractivity contribution in [1.29, 1.82) is 0 Å². The minimum Gasteiger partial charge on any atom is -0.456 e. The van der Waals surface area contributed by atoms with E-state index in [0.717, 1.165) is 89.7 Å². The van der Waals surface area contributed by atoms with E-state index in [0.29, 0.717) is 0 Å². The number of hydrogen-bond donors (Lipinski definition) is 0. The van der Waals surface area contributed by atoms with Crippen LogP contribution >= 0.6 is 0 Å². The van der Waals surface area contributed by atoms with Crippen LogP contribution < -0.4 is 0 Å². The minimum atomic E-state index is -0.542. The fourth-order valence-corrected chi connectivity index (χ4v) is 6.74. The van der Waals surface area contributed by atoms with Gasteiger partial charge in [0.25, 0.3) is 0 Å². The van der Waals surface area contributed by atoms with Gasteiger partial charge in [0.15, 0.2) is 0 Å². The standard InChI is InChI=1S/C41H28N4O/c1-41(2)39-37(42-33(25-15-6-3-7-16-25)34(44-39)26-17-8-4-9-18-26)38-40(41)45-36(35(43-38)27-19-10-5-11-20-27)29-22-14-24-31-32(29)28-21-12-13-23-30(28)46-31/h3-24H,1-2H3. The molecule has 218 valence electrons. The van der Waals surface area contributed by atoms with Crippen molar-refractivity contribution in [2.45, 2.75) is 19.3 Å². The first-order valence-electron chi connectivity index (χ1n) is 15.5. The van der Waals surface area contributed by atoms with Crippen LogP contribution in [0.4, 0.5) is 0 Å². The maximum absolute atomic E-state index is 6.29. The molecule has 3 heterocycles. The topological polar surface area (TPSA) is 64.7 Å². The Bertz CT molecular complexity index is 2430. The van der Waals surface area contributed by atoms with Gasteiger partial charge in [0.05, 0.1) is 39.6 Å². The van der Waals surface area contributed by atoms with E-state index in [1.54, 1.807) is 0 Å². The highest BCUT2D eigenvalue weighted by atomic mass is 16.3. The zero-order chi connectivity index (χ0) is 30.8. The summed E-state index contributed by atoms with van der Waals surface area (Å²) < 4.78 is 6.29. The molecule has 0 unspecified atom stereocenters. The predicted octanol–water partition coefficient (Wildman–Crippen LogP) is 10.1. The molecule has 9 rings (SSSR count). The van der Waals surface area contributed by atoms with E-state index >= 15 is 0 Å². The zero-order valence-corrected chi connectivity index (χ0v) is 25.4. The van der Waals surface area contributed by atoms with Gasteiger partial charge in [0, 0.05) is 33.0 Å². The molecular formula is C41H28N4O. The molecule has 1 aliphatic carbocycles. The van der Waals surface area contributed by atoms with Crippen LogP contribution in [0.15, 0.2) is 138 Å². The zero-order valence-electron chi connectivity index (χ0n) is 25.4. The second-order valence-electron chi connectivity index (χ2n) is 12.2. The van der Waals surface area contributed by atoms with Gasteiger partial charge in [-0.1, -0.05) is 121 Å². The third-order valence-electron chi connectivity index (χ3n) is 9.00. The summed E-state index contributed by atoms with van der Waals surface area (Å²) in [5.74, 6) is 0. The minimum absolute atomic E-state index is 0.542. The van der Waals surface area contributed by atoms with Crippen LogP contribution in [0.25, 0.3) is 78.4 Å². The molecule has 0 saturated heterocycles. The Labute approximate surface area is 266 Å². The van der Waals surface area contributed by atoms with Crippen LogP contribution in [0, 0.1) is 0 Å². The Balaban J connectivity index is 1.35. The number of benzene rings is 5. The van der Waals surface area contributed by atoms with Crippen molar-refractivity contribution in [2.24, 2.45) is 0 Å². The molecule has 0 amide bonds. The molecule has 1 aliphatic rings. The van der Waals surface area contributed by atoms with E-state index in [4.69, 9.17) is 24.4 Å². The number of furan rings is 1. The van der Waals surface area contributed by atoms with Crippen LogP contribution in [-0.4, -0.2) is 19.9 Å². The van der Waals surface area contributed by atoms with Crippen molar-refractivity contribution in [3.05, 3.63) is 145 Å². The molecule has 5 aromatic carbocycles. The molecule has 8 aromatic rings. The van der Waals surface area contributed by atoms with Gasteiger partial charge in [-0.05, 0) is 26.0 Å². The monoisotopic (exact) mass is 592 g/mol. The maximum Gasteiger partial charge on any atom is 0.136 e. The third kappa shape index (κ3) is 3.95. The SMILES string of the molecule is CC1(C)c2nc(-c3ccccc3)c(-c3ccccc3)nc2-c2nc(-c3ccccc3)c(-c3cccc4oc5ccccc5c34)nc21. The Hall–Kier alpha value is -5.94. The second kappa shape index (κ2) is 10.0. The van der Waals surface area contributed by atoms with E-state index in [1.807, 2.05) is 84.9 Å². The molecule has 46 heavy (non-hydrogen) atoms. The first kappa shape index (κ1) is 26.5. The Morgan fingerprint density at radius 2 is 0.870 bits per heavy atom. The van der Waals surface area contributed by atoms with Crippen molar-refractivity contribution in [3.8, 4) is 56.4 Å². The lowest BCUT2D eigenvalue weighted by atomic mass is 9.88. The molecule has 0 bridgehead atoms. The maximum atomic E-state index is 6.29. The van der Waals surface area contributed by atoms with E-state index in [1.165, 1.54) is 0 Å². The first-order chi connectivity index (χ1) is 22.6. The number of fused-ring (bicyclic) bond motifs is 6. The Morgan fingerprint density at radius 3 is 1.46 bits per heavy atom. The summed E-state index contributed by atoms with van der Waals surface area (Å²) in [6.45, 7) is 4.36. The summed E-state index contributed by atoms with van der Waals surface area (Å²) in [4.78, 5) is 21.7. The van der Waals surface area contributed by atoms with Gasteiger partial charge in [0.1, 0.15) is 22.6 Å². The molecule has 0 N–H and O–H groups in total. The smallest absolute Gasteiger partial charge is 0.136 e. The highest BCUT2D eigenvalue weighted by Crippen LogP contribution is 2.49. The summed E-state index contributed by atoms with van der Waals surface area (Å²) in [5, 5.41) is 2.09. The van der Waals surface area contributed by atoms with Crippen molar-refractivity contribution >= 4 is 21.9 Å². The summed E-state index contributed by atoms with van der Waals surface area (Å²) in [6.07, 6.45) is 0. The molecule has 5 heteroatoms. The average Bonchev–Trinajstić information content (AvgIpc) is 3.60. The van der Waals surface area contributed by atoms with Gasteiger partial charge in [-0.25, -0.2) is 19.9 Å². The normalized spacial score (nSPS) is 13.2. The Morgan fingerprint density at radius 1 is 0.413 bits per heavy atom. The van der Waals surface area contributed by atoms with E-state index < -0.39 is 5.41 Å². The fraction of sp³-hybridized carbons (Fsp3) is 0.0732. The molecular weight excluding hydrogens is 564 g/mol. The van der Waals surface area contributed by atoms with Gasteiger partial charge < -0.3 is 4.42 Å². The largest absolute Gasteiger partial charge is 0.456 e. The number of hydrogen-bond acceptors (Lipinski definition) is 5. The second-order valence-corrected chi connectivity index (χ2v) is 12.2. The number of para-hydroxylation sites is 1. The highest BCUT2D eigenvalue weighted by Gasteiger charge is 2.43. The summed E-state index contributed by atoms with van der Waals surface area (Å²) >= 11 is 0. The molecule has 0 spiro atoms. The summed E-state index contributed by atoms with van der Waals surface area (Å²) in [7, 11) is 0. The molecule has 0 radical (unpaired) electrons. The van der Waals surface area contributed by atoms with Gasteiger partial charge in [-0.3, -0.25) is 0 Å². The number of nitrogens with zero attached hydrogens (tertiary/aromatic N) is 4. The van der Waals surface area contributed by atoms with E-state index in [-0.39, 0.29) is 0 Å². The lowest BCUT2D eigenvalue weighted by Crippen LogP contribution is -2.19. The van der Waals surface area contributed by atoms with Crippen LogP contribution in [-0.2, 0) is 5.41 Å². The Kier molecular flexibility index (Phi) is 5.78. The third-order valence-corrected chi connectivity index (χ3v) is 9.00. The van der Waals surface area contributed by atoms with Gasteiger partial charge in [-0.15, -0.1) is 0 Å². The van der Waals surface area contributed by atoms with Crippen LogP contribution in [0.2, 0.25) is 0 Å². The van der Waals surface area contributed by atoms with E-state index in [9.17, 15) is 0 Å². The van der Waals surface area contributed by atoms with Crippen molar-refractivity contribution in [2.75, 3.05) is 0 Å². The number of aromatic nitrogens is 4. The van der Waals surface area contributed by atoms with Crippen LogP contribution in [0.3, 0.4) is 0 Å². The average molecular weight is 593 g/mol. The summed E-state index contributed by atoms with van der Waals surface area (Å²) in [6, 6.07) is 45.2. The molecule has 0 atom stereocenters. The number of rotatable bonds is 4. The van der Waals surface area contributed by atoms with Gasteiger partial charge in [0.2, 0.25) is 0 Å². The molecule has 0 aliphatic heterocycles. The van der Waals surface area contributed by atoms with E-state index in [2.05, 4.69) is 62.4 Å². The molecule has 0 saturated carbocycles. The first-order valence-corrected chi connectivity index (χ1v) is 15.5. The summed E-state index contributed by atoms with van der Waals surface area (Å²) in [5.41, 5.74) is 11.7. The predicted molar refractivity (Wildman–Crippen MR) is 184 cm³/mol. The fourth-order valence-electron chi connectivity index (χ4n) is 6.74. The van der Waals surface area contributed by atoms with Crippen LogP contribution in [0.1, 0.15) is 25.2 Å². The molecule has 5 nitrogen and oxygen atoms in total. The quantitative estimate of drug-likeness (QED) is 0.203. The highest BCUT2D eigenvalue weighted by molar-refractivity contribution is 6.13. The van der Waals surface area contributed by atoms with Gasteiger partial charge >= 0.3 is 0 Å². The van der Waals surface area contributed by atoms with Crippen molar-refractivity contribution < 1.29 is 4.42 Å². The van der Waals surface area contributed by atoms with Crippen molar-refractivity contribution in [1.82, 2.24) is 19.9 Å². The van der Waals surface area contributed by atoms with Crippen molar-refractivity contribution in [3.63, 3.8) is 0 Å². The lowest BCUT2D eigenvalue weighted by molar-refractivity contribution is 0.614. The lowest BCUT2D eigenvalue weighted by Gasteiger charge is -2.21. The van der Waals surface area contributed by atoms with Crippen LogP contribution in [0.5, 0.6) is 0 Å².